The van der Waals surface area contributed by atoms with E-state index < -0.39 is 17.8 Å². The quantitative estimate of drug-likeness (QED) is 0.445. The molecule has 182 valence electrons. The molecule has 0 unspecified atom stereocenters. The molecule has 1 aliphatic heterocycles. The van der Waals surface area contributed by atoms with Crippen molar-refractivity contribution < 1.29 is 18.3 Å². The molecule has 9 heteroatoms. The smallest absolute Gasteiger partial charge is 0.390 e. The average molecular weight is 483 g/mol. The second-order valence-corrected chi connectivity index (χ2v) is 8.93. The third-order valence-corrected chi connectivity index (χ3v) is 6.42. The minimum Gasteiger partial charge on any atom is -0.390 e. The topological polar surface area (TPSA) is 63.3 Å². The summed E-state index contributed by atoms with van der Waals surface area (Å²) in [5, 5.41) is 15.7. The number of aliphatic hydroxyl groups excluding tert-OH is 1. The zero-order chi connectivity index (χ0) is 24.6. The van der Waals surface area contributed by atoms with Crippen LogP contribution in [0, 0.1) is 0 Å². The highest BCUT2D eigenvalue weighted by Gasteiger charge is 2.30. The van der Waals surface area contributed by atoms with Gasteiger partial charge in [-0.25, -0.2) is 0 Å². The van der Waals surface area contributed by atoms with E-state index in [1.807, 2.05) is 18.2 Å². The van der Waals surface area contributed by atoms with Gasteiger partial charge in [-0.3, -0.25) is 14.0 Å². The van der Waals surface area contributed by atoms with Crippen LogP contribution in [-0.4, -0.2) is 50.1 Å². The number of nitrogens with zero attached hydrogens (tertiary/aromatic N) is 4. The van der Waals surface area contributed by atoms with Crippen LogP contribution < -0.4 is 5.56 Å². The Balaban J connectivity index is 1.35. The molecule has 2 aromatic heterocycles. The first-order chi connectivity index (χ1) is 16.8. The second-order valence-electron chi connectivity index (χ2n) is 8.93. The van der Waals surface area contributed by atoms with Crippen molar-refractivity contribution in [3.8, 4) is 16.8 Å². The molecule has 6 nitrogen and oxygen atoms in total. The molecule has 0 amide bonds. The minimum absolute atomic E-state index is 0.296. The number of benzene rings is 2. The summed E-state index contributed by atoms with van der Waals surface area (Å²) in [7, 11) is 0. The molecule has 1 N–H and O–H groups in total. The standard InChI is InChI=1S/C26H25F3N4O2/c27-26(28,29)21-5-3-18(4-6-21)19-9-12-32(25(35)14-19)22-7-8-24-20(13-22)15-30-33(24)17-23(34)16-31-10-1-2-11-31/h3-9,12-15,23,34H,1-2,10-11,16-17H2/t23-/m0/s1. The maximum Gasteiger partial charge on any atom is 0.416 e. The van der Waals surface area contributed by atoms with E-state index in [1.54, 1.807) is 23.1 Å². The summed E-state index contributed by atoms with van der Waals surface area (Å²) in [6.45, 7) is 3.06. The van der Waals surface area contributed by atoms with Crippen LogP contribution in [0.4, 0.5) is 13.2 Å². The van der Waals surface area contributed by atoms with Crippen LogP contribution in [0.3, 0.4) is 0 Å². The van der Waals surface area contributed by atoms with Crippen molar-refractivity contribution in [1.82, 2.24) is 19.2 Å². The van der Waals surface area contributed by atoms with Crippen molar-refractivity contribution in [3.63, 3.8) is 0 Å². The van der Waals surface area contributed by atoms with Gasteiger partial charge in [-0.05, 0) is 73.5 Å². The number of likely N-dealkylation sites (tertiary alicyclic amines) is 1. The van der Waals surface area contributed by atoms with E-state index in [1.165, 1.54) is 35.6 Å². The van der Waals surface area contributed by atoms with E-state index in [9.17, 15) is 23.1 Å². The third kappa shape index (κ3) is 5.01. The molecule has 3 heterocycles. The van der Waals surface area contributed by atoms with Crippen LogP contribution in [0.5, 0.6) is 0 Å². The summed E-state index contributed by atoms with van der Waals surface area (Å²) in [5.74, 6) is 0. The zero-order valence-electron chi connectivity index (χ0n) is 18.9. The molecule has 0 saturated carbocycles. The van der Waals surface area contributed by atoms with Gasteiger partial charge in [0, 0.05) is 29.9 Å². The number of β-amino-alcohol motifs (C(OH)–C–C–N with tert-alkyl or cyclic N) is 1. The number of pyridine rings is 1. The van der Waals surface area contributed by atoms with Crippen molar-refractivity contribution in [2.45, 2.75) is 31.7 Å². The Bertz CT molecular complexity index is 1390. The molecular weight excluding hydrogens is 457 g/mol. The molecule has 0 bridgehead atoms. The van der Waals surface area contributed by atoms with E-state index in [2.05, 4.69) is 10.00 Å². The number of hydrogen-bond donors (Lipinski definition) is 1. The molecule has 0 spiro atoms. The third-order valence-electron chi connectivity index (χ3n) is 6.42. The predicted molar refractivity (Wildman–Crippen MR) is 127 cm³/mol. The van der Waals surface area contributed by atoms with Crippen molar-refractivity contribution in [2.24, 2.45) is 0 Å². The van der Waals surface area contributed by atoms with Gasteiger partial charge in [0.1, 0.15) is 0 Å². The molecule has 1 saturated heterocycles. The molecule has 1 aliphatic rings. The Morgan fingerprint density at radius 3 is 2.37 bits per heavy atom. The van der Waals surface area contributed by atoms with Crippen molar-refractivity contribution in [2.75, 3.05) is 19.6 Å². The Morgan fingerprint density at radius 1 is 0.943 bits per heavy atom. The number of hydrogen-bond acceptors (Lipinski definition) is 4. The molecule has 5 rings (SSSR count). The van der Waals surface area contributed by atoms with Gasteiger partial charge in [-0.2, -0.15) is 18.3 Å². The summed E-state index contributed by atoms with van der Waals surface area (Å²) in [6.07, 6.45) is 0.746. The van der Waals surface area contributed by atoms with Crippen LogP contribution in [0.25, 0.3) is 27.7 Å². The second kappa shape index (κ2) is 9.31. The minimum atomic E-state index is -4.40. The van der Waals surface area contributed by atoms with Gasteiger partial charge in [0.25, 0.3) is 5.56 Å². The number of aromatic nitrogens is 3. The highest BCUT2D eigenvalue weighted by molar-refractivity contribution is 5.81. The van der Waals surface area contributed by atoms with Gasteiger partial charge in [0.05, 0.1) is 29.9 Å². The van der Waals surface area contributed by atoms with Gasteiger partial charge >= 0.3 is 6.18 Å². The zero-order valence-corrected chi connectivity index (χ0v) is 18.9. The highest BCUT2D eigenvalue weighted by Crippen LogP contribution is 2.30. The lowest BCUT2D eigenvalue weighted by Crippen LogP contribution is -2.32. The number of halogens is 3. The Kier molecular flexibility index (Phi) is 6.21. The van der Waals surface area contributed by atoms with Gasteiger partial charge in [0.2, 0.25) is 0 Å². The lowest BCUT2D eigenvalue weighted by Gasteiger charge is -2.19. The lowest BCUT2D eigenvalue weighted by molar-refractivity contribution is -0.137. The van der Waals surface area contributed by atoms with E-state index in [0.29, 0.717) is 29.9 Å². The van der Waals surface area contributed by atoms with Crippen LogP contribution >= 0.6 is 0 Å². The van der Waals surface area contributed by atoms with E-state index in [-0.39, 0.29) is 5.56 Å². The number of aliphatic hydroxyl groups is 1. The van der Waals surface area contributed by atoms with E-state index in [0.717, 1.165) is 36.1 Å². The molecule has 2 aromatic carbocycles. The SMILES string of the molecule is O=c1cc(-c2ccc(C(F)(F)F)cc2)ccn1-c1ccc2c(cnn2C[C@@H](O)CN2CCCC2)c1. The molecule has 35 heavy (non-hydrogen) atoms. The first-order valence-electron chi connectivity index (χ1n) is 11.5. The monoisotopic (exact) mass is 482 g/mol. The largest absolute Gasteiger partial charge is 0.416 e. The van der Waals surface area contributed by atoms with Crippen LogP contribution in [0.1, 0.15) is 18.4 Å². The summed E-state index contributed by atoms with van der Waals surface area (Å²) >= 11 is 0. The van der Waals surface area contributed by atoms with Crippen LogP contribution in [0.15, 0.2) is 71.8 Å². The normalized spacial score (nSPS) is 15.7. The fraction of sp³-hybridized carbons (Fsp3) is 0.308. The van der Waals surface area contributed by atoms with Gasteiger partial charge in [-0.15, -0.1) is 0 Å². The summed E-state index contributed by atoms with van der Waals surface area (Å²) < 4.78 is 41.7. The first kappa shape index (κ1) is 23.3. The van der Waals surface area contributed by atoms with E-state index in [4.69, 9.17) is 0 Å². The van der Waals surface area contributed by atoms with Gasteiger partial charge in [-0.1, -0.05) is 12.1 Å². The van der Waals surface area contributed by atoms with Gasteiger partial charge in [0.15, 0.2) is 0 Å². The Morgan fingerprint density at radius 2 is 1.69 bits per heavy atom. The molecule has 0 aliphatic carbocycles. The first-order valence-corrected chi connectivity index (χ1v) is 11.5. The Labute approximate surface area is 199 Å². The molecular formula is C26H25F3N4O2. The van der Waals surface area contributed by atoms with E-state index >= 15 is 0 Å². The number of alkyl halides is 3. The predicted octanol–water partition coefficient (Wildman–Crippen LogP) is 4.33. The molecule has 1 atom stereocenters. The fourth-order valence-electron chi connectivity index (χ4n) is 4.61. The summed E-state index contributed by atoms with van der Waals surface area (Å²) in [6, 6.07) is 13.4. The lowest BCUT2D eigenvalue weighted by atomic mass is 10.0. The number of fused-ring (bicyclic) bond motifs is 1. The van der Waals surface area contributed by atoms with Crippen molar-refractivity contribution in [3.05, 3.63) is 82.9 Å². The summed E-state index contributed by atoms with van der Waals surface area (Å²) in [5.41, 5.74) is 1.57. The van der Waals surface area contributed by atoms with Crippen molar-refractivity contribution in [1.29, 1.82) is 0 Å². The van der Waals surface area contributed by atoms with Crippen LogP contribution in [-0.2, 0) is 12.7 Å². The molecule has 0 radical (unpaired) electrons. The molecule has 1 fully saturated rings. The van der Waals surface area contributed by atoms with Crippen molar-refractivity contribution >= 4 is 10.9 Å². The summed E-state index contributed by atoms with van der Waals surface area (Å²) in [4.78, 5) is 15.1. The van der Waals surface area contributed by atoms with Gasteiger partial charge < -0.3 is 10.0 Å². The molecule has 4 aromatic rings. The Hall–Kier alpha value is -3.43. The highest BCUT2D eigenvalue weighted by atomic mass is 19.4. The maximum absolute atomic E-state index is 12.8. The average Bonchev–Trinajstić information content (AvgIpc) is 3.48. The fourth-order valence-corrected chi connectivity index (χ4v) is 4.61. The van der Waals surface area contributed by atoms with Crippen LogP contribution in [0.2, 0.25) is 0 Å². The number of rotatable bonds is 6. The maximum atomic E-state index is 12.8.